The lowest BCUT2D eigenvalue weighted by Gasteiger charge is -2.12. The van der Waals surface area contributed by atoms with Gasteiger partial charge in [0.1, 0.15) is 11.6 Å². The van der Waals surface area contributed by atoms with E-state index < -0.39 is 0 Å². The van der Waals surface area contributed by atoms with Crippen LogP contribution in [0, 0.1) is 0 Å². The number of nitrogens with zero attached hydrogens (tertiary/aromatic N) is 3. The zero-order valence-electron chi connectivity index (χ0n) is 18.5. The lowest BCUT2D eigenvalue weighted by atomic mass is 10.1. The van der Waals surface area contributed by atoms with Crippen molar-refractivity contribution in [3.8, 4) is 11.4 Å². The van der Waals surface area contributed by atoms with E-state index in [-0.39, 0.29) is 11.7 Å². The van der Waals surface area contributed by atoms with Crippen molar-refractivity contribution in [2.45, 2.75) is 25.0 Å². The number of amides is 1. The molecule has 0 saturated carbocycles. The van der Waals surface area contributed by atoms with Crippen LogP contribution in [0.4, 0.5) is 0 Å². The highest BCUT2D eigenvalue weighted by Gasteiger charge is 2.16. The standard InChI is InChI=1S/C26H26N4O2S/c1-2-32-23-15-13-22(14-16-23)30-24(17-20-9-5-3-6-10-20)28-29-26(30)33-19-25(31)27-18-21-11-7-4-8-12-21/h3-16H,2,17-19H2,1H3,(H,27,31). The van der Waals surface area contributed by atoms with Gasteiger partial charge in [0, 0.05) is 18.7 Å². The van der Waals surface area contributed by atoms with Gasteiger partial charge in [0.05, 0.1) is 12.4 Å². The van der Waals surface area contributed by atoms with Crippen LogP contribution in [-0.4, -0.2) is 33.0 Å². The SMILES string of the molecule is CCOc1ccc(-n2c(Cc3ccccc3)nnc2SCC(=O)NCc2ccccc2)cc1. The van der Waals surface area contributed by atoms with E-state index in [2.05, 4.69) is 27.6 Å². The van der Waals surface area contributed by atoms with Crippen LogP contribution < -0.4 is 10.1 Å². The Bertz CT molecular complexity index is 1160. The monoisotopic (exact) mass is 458 g/mol. The molecule has 0 aliphatic carbocycles. The van der Waals surface area contributed by atoms with Crippen LogP contribution in [0.1, 0.15) is 23.9 Å². The second kappa shape index (κ2) is 11.3. The Kier molecular flexibility index (Phi) is 7.76. The number of hydrogen-bond acceptors (Lipinski definition) is 5. The van der Waals surface area contributed by atoms with Crippen molar-refractivity contribution in [1.82, 2.24) is 20.1 Å². The van der Waals surface area contributed by atoms with Gasteiger partial charge in [0.25, 0.3) is 0 Å². The molecule has 4 aromatic rings. The van der Waals surface area contributed by atoms with Gasteiger partial charge in [-0.2, -0.15) is 0 Å². The third kappa shape index (κ3) is 6.23. The van der Waals surface area contributed by atoms with E-state index in [0.29, 0.717) is 24.7 Å². The summed E-state index contributed by atoms with van der Waals surface area (Å²) in [6, 6.07) is 27.9. The zero-order valence-corrected chi connectivity index (χ0v) is 19.3. The molecule has 1 N–H and O–H groups in total. The summed E-state index contributed by atoms with van der Waals surface area (Å²) in [4.78, 5) is 12.4. The van der Waals surface area contributed by atoms with Gasteiger partial charge >= 0.3 is 0 Å². The summed E-state index contributed by atoms with van der Waals surface area (Å²) >= 11 is 1.38. The first-order valence-corrected chi connectivity index (χ1v) is 11.9. The normalized spacial score (nSPS) is 10.7. The van der Waals surface area contributed by atoms with E-state index in [1.807, 2.05) is 84.3 Å². The lowest BCUT2D eigenvalue weighted by Crippen LogP contribution is -2.24. The maximum atomic E-state index is 12.4. The smallest absolute Gasteiger partial charge is 0.230 e. The van der Waals surface area contributed by atoms with Crippen molar-refractivity contribution in [2.75, 3.05) is 12.4 Å². The molecule has 1 aromatic heterocycles. The van der Waals surface area contributed by atoms with Gasteiger partial charge in [-0.3, -0.25) is 9.36 Å². The van der Waals surface area contributed by atoms with Gasteiger partial charge in [-0.15, -0.1) is 10.2 Å². The van der Waals surface area contributed by atoms with Gasteiger partial charge < -0.3 is 10.1 Å². The molecule has 33 heavy (non-hydrogen) atoms. The second-order valence-corrected chi connectivity index (χ2v) is 8.32. The predicted molar refractivity (Wildman–Crippen MR) is 131 cm³/mol. The predicted octanol–water partition coefficient (Wildman–Crippen LogP) is 4.67. The van der Waals surface area contributed by atoms with E-state index in [1.165, 1.54) is 11.8 Å². The number of benzene rings is 3. The highest BCUT2D eigenvalue weighted by atomic mass is 32.2. The zero-order chi connectivity index (χ0) is 22.9. The van der Waals surface area contributed by atoms with Crippen LogP contribution in [0.25, 0.3) is 5.69 Å². The Morgan fingerprint density at radius 2 is 1.58 bits per heavy atom. The molecule has 0 spiro atoms. The first-order valence-electron chi connectivity index (χ1n) is 10.9. The summed E-state index contributed by atoms with van der Waals surface area (Å²) in [6.45, 7) is 3.08. The summed E-state index contributed by atoms with van der Waals surface area (Å²) in [5.74, 6) is 1.84. The first-order chi connectivity index (χ1) is 16.2. The van der Waals surface area contributed by atoms with Gasteiger partial charge in [-0.25, -0.2) is 0 Å². The quantitative estimate of drug-likeness (QED) is 0.350. The van der Waals surface area contributed by atoms with Crippen molar-refractivity contribution in [3.63, 3.8) is 0 Å². The van der Waals surface area contributed by atoms with Crippen molar-refractivity contribution < 1.29 is 9.53 Å². The largest absolute Gasteiger partial charge is 0.494 e. The molecule has 6 nitrogen and oxygen atoms in total. The van der Waals surface area contributed by atoms with E-state index in [4.69, 9.17) is 4.74 Å². The first kappa shape index (κ1) is 22.6. The molecule has 1 amide bonds. The molecule has 0 radical (unpaired) electrons. The fourth-order valence-electron chi connectivity index (χ4n) is 3.38. The Balaban J connectivity index is 1.50. The molecule has 0 bridgehead atoms. The second-order valence-electron chi connectivity index (χ2n) is 7.37. The fraction of sp³-hybridized carbons (Fsp3) is 0.192. The van der Waals surface area contributed by atoms with E-state index in [1.54, 1.807) is 0 Å². The number of ether oxygens (including phenoxy) is 1. The Morgan fingerprint density at radius 3 is 2.24 bits per heavy atom. The lowest BCUT2D eigenvalue weighted by molar-refractivity contribution is -0.118. The number of nitrogens with one attached hydrogen (secondary N) is 1. The summed E-state index contributed by atoms with van der Waals surface area (Å²) in [6.07, 6.45) is 0.641. The number of thioether (sulfide) groups is 1. The number of carbonyl (C=O) groups is 1. The molecular weight excluding hydrogens is 432 g/mol. The van der Waals surface area contributed by atoms with Gasteiger partial charge in [-0.05, 0) is 42.3 Å². The molecule has 0 atom stereocenters. The van der Waals surface area contributed by atoms with E-state index in [0.717, 1.165) is 28.4 Å². The highest BCUT2D eigenvalue weighted by Crippen LogP contribution is 2.25. The Morgan fingerprint density at radius 1 is 0.909 bits per heavy atom. The molecule has 0 fully saturated rings. The van der Waals surface area contributed by atoms with Crippen LogP contribution in [0.5, 0.6) is 5.75 Å². The molecule has 3 aromatic carbocycles. The van der Waals surface area contributed by atoms with Crippen LogP contribution in [0.15, 0.2) is 90.1 Å². The summed E-state index contributed by atoms with van der Waals surface area (Å²) in [5.41, 5.74) is 3.15. The van der Waals surface area contributed by atoms with Gasteiger partial charge in [0.15, 0.2) is 5.16 Å². The summed E-state index contributed by atoms with van der Waals surface area (Å²) in [5, 5.41) is 12.5. The van der Waals surface area contributed by atoms with Gasteiger partial charge in [0.2, 0.25) is 5.91 Å². The molecule has 168 valence electrons. The van der Waals surface area contributed by atoms with Crippen LogP contribution in [-0.2, 0) is 17.8 Å². The minimum absolute atomic E-state index is 0.0466. The molecule has 7 heteroatoms. The maximum Gasteiger partial charge on any atom is 0.230 e. The molecular formula is C26H26N4O2S. The topological polar surface area (TPSA) is 69.0 Å². The Labute approximate surface area is 198 Å². The molecule has 0 aliphatic rings. The number of hydrogen-bond donors (Lipinski definition) is 1. The van der Waals surface area contributed by atoms with E-state index in [9.17, 15) is 4.79 Å². The minimum atomic E-state index is -0.0466. The molecule has 0 saturated heterocycles. The fourth-order valence-corrected chi connectivity index (χ4v) is 4.18. The average molecular weight is 459 g/mol. The number of rotatable bonds is 10. The van der Waals surface area contributed by atoms with Crippen LogP contribution in [0.3, 0.4) is 0 Å². The van der Waals surface area contributed by atoms with Crippen molar-refractivity contribution >= 4 is 17.7 Å². The minimum Gasteiger partial charge on any atom is -0.494 e. The third-order valence-electron chi connectivity index (χ3n) is 4.98. The number of aromatic nitrogens is 3. The molecule has 0 unspecified atom stereocenters. The third-order valence-corrected chi connectivity index (χ3v) is 5.91. The van der Waals surface area contributed by atoms with E-state index >= 15 is 0 Å². The molecule has 4 rings (SSSR count). The summed E-state index contributed by atoms with van der Waals surface area (Å²) in [7, 11) is 0. The van der Waals surface area contributed by atoms with Gasteiger partial charge in [-0.1, -0.05) is 72.4 Å². The van der Waals surface area contributed by atoms with Crippen LogP contribution in [0.2, 0.25) is 0 Å². The van der Waals surface area contributed by atoms with Crippen LogP contribution >= 0.6 is 11.8 Å². The number of carbonyl (C=O) groups excluding carboxylic acids is 1. The maximum absolute atomic E-state index is 12.4. The molecule has 1 heterocycles. The van der Waals surface area contributed by atoms with Crippen molar-refractivity contribution in [2.24, 2.45) is 0 Å². The summed E-state index contributed by atoms with van der Waals surface area (Å²) < 4.78 is 7.59. The Hall–Kier alpha value is -3.58. The van der Waals surface area contributed by atoms with Crippen molar-refractivity contribution in [3.05, 3.63) is 102 Å². The average Bonchev–Trinajstić information content (AvgIpc) is 3.25. The highest BCUT2D eigenvalue weighted by molar-refractivity contribution is 7.99. The van der Waals surface area contributed by atoms with Crippen molar-refractivity contribution in [1.29, 1.82) is 0 Å². The molecule has 0 aliphatic heterocycles.